The zero-order valence-electron chi connectivity index (χ0n) is 11.8. The van der Waals surface area contributed by atoms with E-state index in [-0.39, 0.29) is 26.1 Å². The van der Waals surface area contributed by atoms with Crippen molar-refractivity contribution >= 4 is 56.4 Å². The number of nitrogens with one attached hydrogen (secondary N) is 1. The average molecular weight is 398 g/mol. The minimum Gasteiger partial charge on any atom is -0.349 e. The highest BCUT2D eigenvalue weighted by molar-refractivity contribution is 7.16. The molecule has 2 aliphatic rings. The Bertz CT molecular complexity index is 1220. The van der Waals surface area contributed by atoms with Crippen molar-refractivity contribution in [3.05, 3.63) is 82.1 Å². The molecule has 0 spiro atoms. The van der Waals surface area contributed by atoms with E-state index in [4.69, 9.17) is 34.8 Å². The maximum atomic E-state index is 12.8. The van der Waals surface area contributed by atoms with Crippen LogP contribution in [-0.2, 0) is 0 Å². The van der Waals surface area contributed by atoms with Crippen LogP contribution >= 0.6 is 46.1 Å². The number of para-hydroxylation sites is 1. The van der Waals surface area contributed by atoms with Gasteiger partial charge in [0.2, 0.25) is 0 Å². The lowest BCUT2D eigenvalue weighted by Gasteiger charge is -2.06. The molecule has 0 radical (unpaired) electrons. The molecule has 0 unspecified atom stereocenters. The molecule has 0 saturated heterocycles. The summed E-state index contributed by atoms with van der Waals surface area (Å²) in [5, 5.41) is 0.659. The molecule has 0 atom stereocenters. The molecule has 0 amide bonds. The van der Waals surface area contributed by atoms with Crippen molar-refractivity contribution < 1.29 is 0 Å². The standard InChI is InChI=1S/C16H7Cl3N2O2S/c17-7-5-6-9(12(19)11(7)18)21-15(22)13-14(16(21)23)24-10-4-2-1-3-8(10)20-13/h1-6,20H. The number of aromatic amines is 1. The Labute approximate surface area is 153 Å². The number of nitrogens with zero attached hydrogens (tertiary/aromatic N) is 1. The maximum Gasteiger partial charge on any atom is 0.283 e. The van der Waals surface area contributed by atoms with Crippen molar-refractivity contribution in [1.29, 1.82) is 0 Å². The minimum absolute atomic E-state index is 0.0632. The molecule has 0 aliphatic carbocycles. The predicted molar refractivity (Wildman–Crippen MR) is 98.4 cm³/mol. The molecule has 8 heteroatoms. The van der Waals surface area contributed by atoms with Crippen LogP contribution in [0, 0.1) is 9.88 Å². The van der Waals surface area contributed by atoms with Gasteiger partial charge < -0.3 is 4.98 Å². The highest BCUT2D eigenvalue weighted by Crippen LogP contribution is 2.33. The fourth-order valence-corrected chi connectivity index (χ4v) is 4.15. The first-order chi connectivity index (χ1) is 11.5. The van der Waals surface area contributed by atoms with E-state index in [0.717, 1.165) is 14.8 Å². The van der Waals surface area contributed by atoms with Gasteiger partial charge in [0.25, 0.3) is 11.1 Å². The highest BCUT2D eigenvalue weighted by atomic mass is 35.5. The topological polar surface area (TPSA) is 54.9 Å². The van der Waals surface area contributed by atoms with E-state index < -0.39 is 11.1 Å². The van der Waals surface area contributed by atoms with Crippen molar-refractivity contribution in [1.82, 2.24) is 9.55 Å². The molecule has 2 aromatic carbocycles. The third-order valence-corrected chi connectivity index (χ3v) is 6.10. The van der Waals surface area contributed by atoms with Crippen LogP contribution in [0.15, 0.2) is 46.0 Å². The number of halogens is 3. The van der Waals surface area contributed by atoms with Gasteiger partial charge in [0, 0.05) is 0 Å². The van der Waals surface area contributed by atoms with Gasteiger partial charge >= 0.3 is 0 Å². The predicted octanol–water partition coefficient (Wildman–Crippen LogP) is 4.43. The van der Waals surface area contributed by atoms with E-state index in [1.807, 2.05) is 24.3 Å². The van der Waals surface area contributed by atoms with Crippen molar-refractivity contribution in [3.63, 3.8) is 0 Å². The summed E-state index contributed by atoms with van der Waals surface area (Å²) in [5.74, 6) is 0. The molecule has 4 rings (SSSR count). The largest absolute Gasteiger partial charge is 0.349 e. The molecule has 24 heavy (non-hydrogen) atoms. The lowest BCUT2D eigenvalue weighted by molar-refractivity contribution is 0.967. The summed E-state index contributed by atoms with van der Waals surface area (Å²) in [6, 6.07) is 10.4. The normalized spacial score (nSPS) is 11.5. The van der Waals surface area contributed by atoms with E-state index in [9.17, 15) is 9.59 Å². The summed E-state index contributed by atoms with van der Waals surface area (Å²) >= 11 is 19.4. The number of hydrogen-bond acceptors (Lipinski definition) is 3. The van der Waals surface area contributed by atoms with Crippen LogP contribution in [0.5, 0.6) is 0 Å². The second-order valence-electron chi connectivity index (χ2n) is 5.07. The lowest BCUT2D eigenvalue weighted by atomic mass is 10.3. The van der Waals surface area contributed by atoms with E-state index in [0.29, 0.717) is 4.53 Å². The Morgan fingerprint density at radius 1 is 0.917 bits per heavy atom. The van der Waals surface area contributed by atoms with Crippen molar-refractivity contribution in [2.24, 2.45) is 0 Å². The van der Waals surface area contributed by atoms with E-state index in [1.165, 1.54) is 23.5 Å². The third kappa shape index (κ3) is 2.20. The highest BCUT2D eigenvalue weighted by Gasteiger charge is 2.18. The fourth-order valence-electron chi connectivity index (χ4n) is 2.53. The van der Waals surface area contributed by atoms with Crippen LogP contribution < -0.4 is 11.1 Å². The molecule has 4 nitrogen and oxygen atoms in total. The smallest absolute Gasteiger partial charge is 0.283 e. The minimum atomic E-state index is -0.475. The molecular weight excluding hydrogens is 391 g/mol. The maximum absolute atomic E-state index is 12.8. The Morgan fingerprint density at radius 2 is 1.67 bits per heavy atom. The van der Waals surface area contributed by atoms with E-state index in [1.54, 1.807) is 0 Å². The van der Waals surface area contributed by atoms with Crippen LogP contribution in [0.2, 0.25) is 15.1 Å². The number of hydrogen-bond donors (Lipinski definition) is 1. The first-order valence-electron chi connectivity index (χ1n) is 6.79. The molecular formula is C16H7Cl3N2O2S. The zero-order chi connectivity index (χ0) is 17.0. The quantitative estimate of drug-likeness (QED) is 0.483. The number of H-pyrrole nitrogens is 1. The first-order valence-corrected chi connectivity index (χ1v) is 8.74. The van der Waals surface area contributed by atoms with E-state index >= 15 is 0 Å². The molecule has 1 N–H and O–H groups in total. The van der Waals surface area contributed by atoms with Gasteiger partial charge in [0.15, 0.2) is 0 Å². The number of aromatic nitrogens is 2. The zero-order valence-corrected chi connectivity index (χ0v) is 14.9. The van der Waals surface area contributed by atoms with Gasteiger partial charge in [0.1, 0.15) is 9.88 Å². The third-order valence-electron chi connectivity index (χ3n) is 3.66. The van der Waals surface area contributed by atoms with Gasteiger partial charge in [-0.05, 0) is 24.3 Å². The Kier molecular flexibility index (Phi) is 3.69. The number of rotatable bonds is 1. The van der Waals surface area contributed by atoms with Gasteiger partial charge in [-0.3, -0.25) is 9.59 Å². The Balaban J connectivity index is 2.16. The van der Waals surface area contributed by atoms with Gasteiger partial charge in [-0.2, -0.15) is 0 Å². The van der Waals surface area contributed by atoms with Gasteiger partial charge in [-0.25, -0.2) is 4.57 Å². The Hall–Kier alpha value is -1.79. The molecule has 0 bridgehead atoms. The van der Waals surface area contributed by atoms with Crippen LogP contribution in [-0.4, -0.2) is 9.55 Å². The van der Waals surface area contributed by atoms with Crippen molar-refractivity contribution in [2.75, 3.05) is 0 Å². The summed E-state index contributed by atoms with van der Waals surface area (Å²) in [5.41, 5.74) is 0.0750. The second kappa shape index (κ2) is 5.63. The summed E-state index contributed by atoms with van der Waals surface area (Å²) in [6.07, 6.45) is 0. The molecule has 2 heterocycles. The SMILES string of the molecule is O=c1c2[nH]c3ccccc3sc=2c(=O)n1-c1ccc(Cl)c(Cl)c1Cl. The van der Waals surface area contributed by atoms with Crippen LogP contribution in [0.4, 0.5) is 0 Å². The molecule has 2 aliphatic heterocycles. The van der Waals surface area contributed by atoms with Crippen LogP contribution in [0.25, 0.3) is 15.9 Å². The number of fused-ring (bicyclic) bond motifs is 1. The molecule has 120 valence electrons. The monoisotopic (exact) mass is 396 g/mol. The fraction of sp³-hybridized carbons (Fsp3) is 0. The lowest BCUT2D eigenvalue weighted by Crippen LogP contribution is -2.25. The van der Waals surface area contributed by atoms with Gasteiger partial charge in [-0.15, -0.1) is 11.3 Å². The van der Waals surface area contributed by atoms with Crippen molar-refractivity contribution in [2.45, 2.75) is 0 Å². The molecule has 0 aromatic heterocycles. The van der Waals surface area contributed by atoms with Gasteiger partial charge in [0.05, 0.1) is 31.0 Å². The van der Waals surface area contributed by atoms with Gasteiger partial charge in [-0.1, -0.05) is 46.9 Å². The van der Waals surface area contributed by atoms with Crippen molar-refractivity contribution in [3.8, 4) is 5.69 Å². The average Bonchev–Trinajstić information content (AvgIpc) is 2.82. The van der Waals surface area contributed by atoms with Crippen LogP contribution in [0.1, 0.15) is 0 Å². The second-order valence-corrected chi connectivity index (χ2v) is 7.28. The summed E-state index contributed by atoms with van der Waals surface area (Å²) < 4.78 is 2.22. The summed E-state index contributed by atoms with van der Waals surface area (Å²) in [4.78, 5) is 28.5. The first kappa shape index (κ1) is 15.7. The summed E-state index contributed by atoms with van der Waals surface area (Å²) in [7, 11) is 0. The Morgan fingerprint density at radius 3 is 2.46 bits per heavy atom. The van der Waals surface area contributed by atoms with E-state index in [2.05, 4.69) is 4.98 Å². The molecule has 0 saturated carbocycles. The number of benzene rings is 2. The molecule has 0 fully saturated rings. The molecule has 2 aromatic rings. The summed E-state index contributed by atoms with van der Waals surface area (Å²) in [6.45, 7) is 0. The van der Waals surface area contributed by atoms with Crippen LogP contribution in [0.3, 0.4) is 0 Å².